The van der Waals surface area contributed by atoms with E-state index in [0.29, 0.717) is 42.3 Å². The first-order valence-corrected chi connectivity index (χ1v) is 12.3. The summed E-state index contributed by atoms with van der Waals surface area (Å²) >= 11 is 0. The van der Waals surface area contributed by atoms with Crippen molar-refractivity contribution in [3.8, 4) is 0 Å². The van der Waals surface area contributed by atoms with Crippen LogP contribution in [0, 0.1) is 46.3 Å². The van der Waals surface area contributed by atoms with Crippen molar-refractivity contribution in [2.75, 3.05) is 0 Å². The smallest absolute Gasteiger partial charge is 0.306 e. The van der Waals surface area contributed by atoms with Crippen molar-refractivity contribution in [3.63, 3.8) is 0 Å². The number of fused-ring (bicyclic) bond motifs is 5. The van der Waals surface area contributed by atoms with E-state index >= 15 is 0 Å². The number of hydrogen-bond acceptors (Lipinski definition) is 3. The van der Waals surface area contributed by atoms with Crippen molar-refractivity contribution in [1.82, 2.24) is 0 Å². The molecule has 4 nitrogen and oxygen atoms in total. The van der Waals surface area contributed by atoms with Gasteiger partial charge in [0.1, 0.15) is 5.78 Å². The van der Waals surface area contributed by atoms with Gasteiger partial charge in [-0.3, -0.25) is 14.4 Å². The van der Waals surface area contributed by atoms with Gasteiger partial charge in [-0.2, -0.15) is 0 Å². The van der Waals surface area contributed by atoms with Gasteiger partial charge < -0.3 is 5.11 Å². The number of carbonyl (C=O) groups is 3. The van der Waals surface area contributed by atoms with E-state index in [1.165, 1.54) is 5.57 Å². The monoisotopic (exact) mass is 426 g/mol. The molecule has 170 valence electrons. The minimum Gasteiger partial charge on any atom is -0.481 e. The molecule has 5 unspecified atom stereocenters. The van der Waals surface area contributed by atoms with Gasteiger partial charge in [-0.05, 0) is 79.8 Å². The molecule has 0 aromatic heterocycles. The average Bonchev–Trinajstić information content (AvgIpc) is 2.98. The normalized spacial score (nSPS) is 41.1. The van der Waals surface area contributed by atoms with Crippen LogP contribution in [0.25, 0.3) is 0 Å². The summed E-state index contributed by atoms with van der Waals surface area (Å²) < 4.78 is 0. The molecule has 3 fully saturated rings. The number of ketones is 2. The molecule has 0 aromatic carbocycles. The lowest BCUT2D eigenvalue weighted by molar-refractivity contribution is -0.141. The summed E-state index contributed by atoms with van der Waals surface area (Å²) in [7, 11) is 0. The molecule has 0 saturated heterocycles. The number of carboxylic acid groups (broad SMARTS) is 1. The topological polar surface area (TPSA) is 71.4 Å². The molecule has 0 amide bonds. The maximum atomic E-state index is 13.3. The van der Waals surface area contributed by atoms with E-state index in [2.05, 4.69) is 26.8 Å². The van der Waals surface area contributed by atoms with Crippen molar-refractivity contribution in [2.24, 2.45) is 46.3 Å². The molecule has 0 radical (unpaired) electrons. The first-order chi connectivity index (χ1) is 14.6. The van der Waals surface area contributed by atoms with Crippen molar-refractivity contribution < 1.29 is 19.5 Å². The molecule has 0 aromatic rings. The largest absolute Gasteiger partial charge is 0.481 e. The fourth-order valence-corrected chi connectivity index (χ4v) is 8.03. The van der Waals surface area contributed by atoms with Gasteiger partial charge in [-0.1, -0.05) is 45.8 Å². The Morgan fingerprint density at radius 2 is 1.90 bits per heavy atom. The van der Waals surface area contributed by atoms with Gasteiger partial charge in [0.25, 0.3) is 0 Å². The summed E-state index contributed by atoms with van der Waals surface area (Å²) in [5.74, 6) is 1.43. The molecule has 4 aliphatic carbocycles. The van der Waals surface area contributed by atoms with E-state index in [0.717, 1.165) is 38.5 Å². The Morgan fingerprint density at radius 3 is 2.61 bits per heavy atom. The highest BCUT2D eigenvalue weighted by Crippen LogP contribution is 2.66. The predicted molar refractivity (Wildman–Crippen MR) is 120 cm³/mol. The second kappa shape index (κ2) is 8.01. The van der Waals surface area contributed by atoms with E-state index in [1.807, 2.05) is 6.08 Å². The zero-order valence-electron chi connectivity index (χ0n) is 19.5. The van der Waals surface area contributed by atoms with Crippen LogP contribution in [-0.4, -0.2) is 22.6 Å². The number of allylic oxidation sites excluding steroid dienone is 4. The zero-order valence-corrected chi connectivity index (χ0v) is 19.5. The summed E-state index contributed by atoms with van der Waals surface area (Å²) in [4.78, 5) is 36.4. The second-order valence-electron chi connectivity index (χ2n) is 11.4. The summed E-state index contributed by atoms with van der Waals surface area (Å²) in [5.41, 5.74) is 1.33. The molecule has 1 N–H and O–H groups in total. The Labute approximate surface area is 186 Å². The number of Topliss-reactive ketones (excluding diaryl/α,β-unsaturated/α-hetero) is 1. The van der Waals surface area contributed by atoms with Crippen LogP contribution in [0.4, 0.5) is 0 Å². The first kappa shape index (κ1) is 22.5. The van der Waals surface area contributed by atoms with Crippen LogP contribution in [0.1, 0.15) is 79.1 Å². The van der Waals surface area contributed by atoms with E-state index in [-0.39, 0.29) is 28.4 Å². The van der Waals surface area contributed by atoms with Crippen LogP contribution in [0.2, 0.25) is 0 Å². The minimum absolute atomic E-state index is 0.0299. The molecule has 0 aliphatic heterocycles. The Hall–Kier alpha value is -1.71. The summed E-state index contributed by atoms with van der Waals surface area (Å²) in [6.07, 6.45) is 13.2. The minimum atomic E-state index is -0.729. The second-order valence-corrected chi connectivity index (χ2v) is 11.4. The molecule has 4 rings (SSSR count). The molecule has 4 aliphatic rings. The third kappa shape index (κ3) is 3.64. The van der Waals surface area contributed by atoms with Gasteiger partial charge >= 0.3 is 5.97 Å². The highest BCUT2D eigenvalue weighted by Gasteiger charge is 2.61. The highest BCUT2D eigenvalue weighted by molar-refractivity contribution is 6.01. The van der Waals surface area contributed by atoms with Crippen LogP contribution in [-0.2, 0) is 14.4 Å². The van der Waals surface area contributed by atoms with Gasteiger partial charge in [-0.25, -0.2) is 0 Å². The number of aliphatic carboxylic acids is 1. The molecular formula is C27H38O4. The molecule has 4 heteroatoms. The van der Waals surface area contributed by atoms with E-state index in [1.54, 1.807) is 13.0 Å². The highest BCUT2D eigenvalue weighted by atomic mass is 16.4. The molecule has 0 bridgehead atoms. The standard InChI is InChI=1S/C27H38O4/c1-16(6-5-7-17(2)25(30)31)24-23(29)15-22-20-9-8-18-14-19(28)10-12-26(18,3)21(20)11-13-27(22,24)4/h10,12,14,16-17,20-22,24H,5-9,11,13,15H2,1-4H3,(H,30,31)/t16?,17?,20?,21?,22?,24-,26-,27-/m0/s1. The molecular weight excluding hydrogens is 388 g/mol. The average molecular weight is 427 g/mol. The Bertz CT molecular complexity index is 838. The zero-order chi connectivity index (χ0) is 22.6. The van der Waals surface area contributed by atoms with Gasteiger partial charge in [-0.15, -0.1) is 0 Å². The maximum absolute atomic E-state index is 13.3. The van der Waals surface area contributed by atoms with E-state index < -0.39 is 5.97 Å². The SMILES string of the molecule is CC(CCCC(C)[C@H]1C(=O)CC2C3CCC4=CC(=O)C=C[C@]4(C)C3CC[C@@]21C)C(=O)O. The van der Waals surface area contributed by atoms with Crippen molar-refractivity contribution in [3.05, 3.63) is 23.8 Å². The third-order valence-electron chi connectivity index (χ3n) is 9.76. The van der Waals surface area contributed by atoms with Crippen molar-refractivity contribution in [1.29, 1.82) is 0 Å². The number of carbonyl (C=O) groups excluding carboxylic acids is 2. The summed E-state index contributed by atoms with van der Waals surface area (Å²) in [6, 6.07) is 0. The fraction of sp³-hybridized carbons (Fsp3) is 0.741. The molecule has 31 heavy (non-hydrogen) atoms. The first-order valence-electron chi connectivity index (χ1n) is 12.3. The van der Waals surface area contributed by atoms with E-state index in [4.69, 9.17) is 5.11 Å². The van der Waals surface area contributed by atoms with Crippen LogP contribution >= 0.6 is 0 Å². The molecule has 8 atom stereocenters. The van der Waals surface area contributed by atoms with Crippen molar-refractivity contribution >= 4 is 17.5 Å². The maximum Gasteiger partial charge on any atom is 0.306 e. The Balaban J connectivity index is 1.50. The van der Waals surface area contributed by atoms with Gasteiger partial charge in [0.15, 0.2) is 5.78 Å². The lowest BCUT2D eigenvalue weighted by Gasteiger charge is -2.57. The van der Waals surface area contributed by atoms with E-state index in [9.17, 15) is 14.4 Å². The van der Waals surface area contributed by atoms with Crippen LogP contribution < -0.4 is 0 Å². The molecule has 0 heterocycles. The Morgan fingerprint density at radius 1 is 1.16 bits per heavy atom. The van der Waals surface area contributed by atoms with Crippen LogP contribution in [0.5, 0.6) is 0 Å². The summed E-state index contributed by atoms with van der Waals surface area (Å²) in [5, 5.41) is 9.14. The van der Waals surface area contributed by atoms with Gasteiger partial charge in [0.05, 0.1) is 5.92 Å². The lowest BCUT2D eigenvalue weighted by atomic mass is 9.47. The number of rotatable bonds is 6. The van der Waals surface area contributed by atoms with Crippen LogP contribution in [0.3, 0.4) is 0 Å². The molecule has 3 saturated carbocycles. The predicted octanol–water partition coefficient (Wildman–Crippen LogP) is 5.62. The Kier molecular flexibility index (Phi) is 5.81. The van der Waals surface area contributed by atoms with Gasteiger partial charge in [0.2, 0.25) is 0 Å². The lowest BCUT2D eigenvalue weighted by Crippen LogP contribution is -2.50. The number of hydrogen-bond donors (Lipinski definition) is 1. The van der Waals surface area contributed by atoms with Crippen molar-refractivity contribution in [2.45, 2.75) is 79.1 Å². The quantitative estimate of drug-likeness (QED) is 0.599. The number of carboxylic acids is 1. The third-order valence-corrected chi connectivity index (χ3v) is 9.76. The fourth-order valence-electron chi connectivity index (χ4n) is 8.03. The summed E-state index contributed by atoms with van der Waals surface area (Å²) in [6.45, 7) is 8.66. The molecule has 0 spiro atoms. The van der Waals surface area contributed by atoms with Crippen LogP contribution in [0.15, 0.2) is 23.8 Å². The van der Waals surface area contributed by atoms with Gasteiger partial charge in [0, 0.05) is 17.8 Å².